The maximum absolute atomic E-state index is 6.24. The highest BCUT2D eigenvalue weighted by Gasteiger charge is 2.18. The second kappa shape index (κ2) is 5.16. The summed E-state index contributed by atoms with van der Waals surface area (Å²) in [6.45, 7) is 1.99. The molecule has 2 rings (SSSR count). The lowest BCUT2D eigenvalue weighted by atomic mass is 10.1. The molecule has 0 aliphatic carbocycles. The van der Waals surface area contributed by atoms with Crippen molar-refractivity contribution in [2.75, 3.05) is 7.05 Å². The van der Waals surface area contributed by atoms with E-state index < -0.39 is 0 Å². The molecule has 1 unspecified atom stereocenters. The highest BCUT2D eigenvalue weighted by Crippen LogP contribution is 2.26. The predicted octanol–water partition coefficient (Wildman–Crippen LogP) is 2.34. The van der Waals surface area contributed by atoms with Gasteiger partial charge in [-0.25, -0.2) is 0 Å². The van der Waals surface area contributed by atoms with E-state index >= 15 is 0 Å². The van der Waals surface area contributed by atoms with Crippen LogP contribution in [0.3, 0.4) is 0 Å². The molecule has 4 nitrogen and oxygen atoms in total. The summed E-state index contributed by atoms with van der Waals surface area (Å²) in [6.07, 6.45) is 2.72. The zero-order valence-electron chi connectivity index (χ0n) is 10.1. The minimum atomic E-state index is 0.239. The number of thiazole rings is 1. The first-order valence-electron chi connectivity index (χ1n) is 5.37. The summed E-state index contributed by atoms with van der Waals surface area (Å²) in [5.41, 5.74) is 3.93. The predicted molar refractivity (Wildman–Crippen MR) is 70.6 cm³/mol. The molecule has 0 aliphatic heterocycles. The molecule has 0 spiro atoms. The van der Waals surface area contributed by atoms with Gasteiger partial charge in [0.05, 0.1) is 11.2 Å². The molecule has 92 valence electrons. The average Bonchev–Trinajstić information content (AvgIpc) is 2.89. The Morgan fingerprint density at radius 2 is 2.35 bits per heavy atom. The largest absolute Gasteiger partial charge is 0.312 e. The van der Waals surface area contributed by atoms with E-state index in [2.05, 4.69) is 15.4 Å². The Kier molecular flexibility index (Phi) is 3.81. The lowest BCUT2D eigenvalue weighted by Gasteiger charge is -2.13. The van der Waals surface area contributed by atoms with E-state index in [0.29, 0.717) is 5.15 Å². The molecule has 17 heavy (non-hydrogen) atoms. The highest BCUT2D eigenvalue weighted by molar-refractivity contribution is 7.09. The zero-order valence-corrected chi connectivity index (χ0v) is 11.6. The van der Waals surface area contributed by atoms with E-state index in [-0.39, 0.29) is 6.04 Å². The van der Waals surface area contributed by atoms with E-state index in [1.54, 1.807) is 16.0 Å². The molecule has 0 aromatic carbocycles. The van der Waals surface area contributed by atoms with Gasteiger partial charge in [0.2, 0.25) is 0 Å². The van der Waals surface area contributed by atoms with Gasteiger partial charge in [0, 0.05) is 29.7 Å². The minimum absolute atomic E-state index is 0.239. The molecule has 2 heterocycles. The number of halogens is 1. The van der Waals surface area contributed by atoms with Crippen LogP contribution in [0.1, 0.15) is 22.2 Å². The lowest BCUT2D eigenvalue weighted by molar-refractivity contribution is 0.599. The zero-order chi connectivity index (χ0) is 12.4. The van der Waals surface area contributed by atoms with Crippen molar-refractivity contribution in [3.05, 3.63) is 33.0 Å². The number of hydrogen-bond donors (Lipinski definition) is 1. The summed E-state index contributed by atoms with van der Waals surface area (Å²) in [5, 5.41) is 8.33. The van der Waals surface area contributed by atoms with Crippen molar-refractivity contribution in [2.24, 2.45) is 7.05 Å². The molecule has 0 fully saturated rings. The summed E-state index contributed by atoms with van der Waals surface area (Å²) in [5.74, 6) is 0. The second-order valence-electron chi connectivity index (χ2n) is 3.93. The van der Waals surface area contributed by atoms with E-state index in [1.807, 2.05) is 32.7 Å². The van der Waals surface area contributed by atoms with Crippen LogP contribution in [0.5, 0.6) is 0 Å². The Hall–Kier alpha value is -0.910. The Bertz CT molecular complexity index is 492. The first kappa shape index (κ1) is 12.5. The molecule has 0 aliphatic rings. The fourth-order valence-electron chi connectivity index (χ4n) is 1.85. The van der Waals surface area contributed by atoms with E-state index in [0.717, 1.165) is 17.7 Å². The third-order valence-corrected chi connectivity index (χ3v) is 4.18. The standard InChI is InChI=1S/C11H15ClN4S/c1-7-8(11(12)16(3)15-7)4-9(13-2)10-5-14-6-17-10/h5-6,9,13H,4H2,1-3H3. The number of hydrogen-bond acceptors (Lipinski definition) is 4. The summed E-state index contributed by atoms with van der Waals surface area (Å²) >= 11 is 7.89. The van der Waals surface area contributed by atoms with Crippen molar-refractivity contribution in [3.8, 4) is 0 Å². The van der Waals surface area contributed by atoms with Crippen LogP contribution in [0.15, 0.2) is 11.7 Å². The Labute approximate surface area is 110 Å². The number of aryl methyl sites for hydroxylation is 2. The van der Waals surface area contributed by atoms with Crippen LogP contribution in [0, 0.1) is 6.92 Å². The minimum Gasteiger partial charge on any atom is -0.312 e. The van der Waals surface area contributed by atoms with Crippen molar-refractivity contribution in [1.82, 2.24) is 20.1 Å². The third-order valence-electron chi connectivity index (χ3n) is 2.82. The molecule has 6 heteroatoms. The SMILES string of the molecule is CNC(Cc1c(C)nn(C)c1Cl)c1cncs1. The summed E-state index contributed by atoms with van der Waals surface area (Å²) < 4.78 is 1.71. The van der Waals surface area contributed by atoms with Crippen molar-refractivity contribution in [1.29, 1.82) is 0 Å². The summed E-state index contributed by atoms with van der Waals surface area (Å²) in [6, 6.07) is 0.239. The van der Waals surface area contributed by atoms with Crippen LogP contribution in [0.4, 0.5) is 0 Å². The van der Waals surface area contributed by atoms with Crippen LogP contribution < -0.4 is 5.32 Å². The smallest absolute Gasteiger partial charge is 0.130 e. The van der Waals surface area contributed by atoms with Crippen LogP contribution in [0.2, 0.25) is 5.15 Å². The first-order valence-corrected chi connectivity index (χ1v) is 6.63. The molecule has 0 saturated carbocycles. The molecule has 0 bridgehead atoms. The van der Waals surface area contributed by atoms with Crippen LogP contribution in [0.25, 0.3) is 0 Å². The topological polar surface area (TPSA) is 42.7 Å². The van der Waals surface area contributed by atoms with Crippen molar-refractivity contribution < 1.29 is 0 Å². The van der Waals surface area contributed by atoms with Gasteiger partial charge in [0.15, 0.2) is 0 Å². The third kappa shape index (κ3) is 2.51. The molecule has 0 saturated heterocycles. The van der Waals surface area contributed by atoms with Gasteiger partial charge in [0.25, 0.3) is 0 Å². The molecule has 2 aromatic heterocycles. The summed E-state index contributed by atoms with van der Waals surface area (Å²) in [7, 11) is 3.81. The quantitative estimate of drug-likeness (QED) is 0.927. The van der Waals surface area contributed by atoms with Gasteiger partial charge in [-0.2, -0.15) is 5.10 Å². The molecule has 1 N–H and O–H groups in total. The Morgan fingerprint density at radius 1 is 1.59 bits per heavy atom. The fourth-order valence-corrected chi connectivity index (χ4v) is 2.83. The second-order valence-corrected chi connectivity index (χ2v) is 5.20. The van der Waals surface area contributed by atoms with Crippen molar-refractivity contribution in [2.45, 2.75) is 19.4 Å². The molecule has 0 radical (unpaired) electrons. The molecule has 1 atom stereocenters. The number of nitrogens with zero attached hydrogens (tertiary/aromatic N) is 3. The lowest BCUT2D eigenvalue weighted by Crippen LogP contribution is -2.18. The van der Waals surface area contributed by atoms with E-state index in [4.69, 9.17) is 11.6 Å². The van der Waals surface area contributed by atoms with Gasteiger partial charge in [-0.1, -0.05) is 11.6 Å². The monoisotopic (exact) mass is 270 g/mol. The van der Waals surface area contributed by atoms with Gasteiger partial charge in [-0.05, 0) is 20.4 Å². The van der Waals surface area contributed by atoms with E-state index in [1.165, 1.54) is 4.88 Å². The molecular formula is C11H15ClN4S. The number of likely N-dealkylation sites (N-methyl/N-ethyl adjacent to an activating group) is 1. The summed E-state index contributed by atoms with van der Waals surface area (Å²) in [4.78, 5) is 5.32. The Morgan fingerprint density at radius 3 is 2.82 bits per heavy atom. The molecular weight excluding hydrogens is 256 g/mol. The van der Waals surface area contributed by atoms with Gasteiger partial charge >= 0.3 is 0 Å². The first-order chi connectivity index (χ1) is 8.13. The normalized spacial score (nSPS) is 12.9. The van der Waals surface area contributed by atoms with Crippen molar-refractivity contribution >= 4 is 22.9 Å². The maximum atomic E-state index is 6.24. The van der Waals surface area contributed by atoms with Crippen molar-refractivity contribution in [3.63, 3.8) is 0 Å². The number of rotatable bonds is 4. The average molecular weight is 271 g/mol. The fraction of sp³-hybridized carbons (Fsp3) is 0.455. The highest BCUT2D eigenvalue weighted by atomic mass is 35.5. The number of nitrogens with one attached hydrogen (secondary N) is 1. The van der Waals surface area contributed by atoms with Crippen LogP contribution in [-0.4, -0.2) is 21.8 Å². The van der Waals surface area contributed by atoms with Gasteiger partial charge in [-0.15, -0.1) is 11.3 Å². The molecule has 2 aromatic rings. The van der Waals surface area contributed by atoms with Gasteiger partial charge in [0.1, 0.15) is 5.15 Å². The van der Waals surface area contributed by atoms with Gasteiger partial charge in [-0.3, -0.25) is 9.67 Å². The van der Waals surface area contributed by atoms with Crippen LogP contribution in [-0.2, 0) is 13.5 Å². The van der Waals surface area contributed by atoms with E-state index in [9.17, 15) is 0 Å². The Balaban J connectivity index is 2.24. The van der Waals surface area contributed by atoms with Crippen LogP contribution >= 0.6 is 22.9 Å². The maximum Gasteiger partial charge on any atom is 0.130 e. The number of aromatic nitrogens is 3. The van der Waals surface area contributed by atoms with Gasteiger partial charge < -0.3 is 5.32 Å². The molecule has 0 amide bonds.